The molecule has 0 bridgehead atoms. The number of hydrogen-bond acceptors (Lipinski definition) is 4. The summed E-state index contributed by atoms with van der Waals surface area (Å²) in [6, 6.07) is 56.7. The molecule has 0 atom stereocenters. The Morgan fingerprint density at radius 1 is 0.413 bits per heavy atom. The van der Waals surface area contributed by atoms with Crippen molar-refractivity contribution in [2.24, 2.45) is 0 Å². The molecule has 9 rings (SSSR count). The first-order valence-electron chi connectivity index (χ1n) is 15.4. The number of fused-ring (bicyclic) bond motifs is 7. The highest BCUT2D eigenvalue weighted by molar-refractivity contribution is 6.12. The van der Waals surface area contributed by atoms with E-state index in [0.29, 0.717) is 17.6 Å². The fourth-order valence-corrected chi connectivity index (χ4v) is 6.61. The van der Waals surface area contributed by atoms with Crippen LogP contribution in [0.3, 0.4) is 0 Å². The summed E-state index contributed by atoms with van der Waals surface area (Å²) in [5.74, 6) is 1.83. The molecule has 46 heavy (non-hydrogen) atoms. The van der Waals surface area contributed by atoms with Gasteiger partial charge in [-0.2, -0.15) is 9.97 Å². The molecule has 216 valence electrons. The van der Waals surface area contributed by atoms with E-state index in [1.165, 1.54) is 0 Å². The van der Waals surface area contributed by atoms with Crippen LogP contribution in [0.1, 0.15) is 0 Å². The Morgan fingerprint density at radius 2 is 0.913 bits per heavy atom. The van der Waals surface area contributed by atoms with Crippen molar-refractivity contribution in [1.82, 2.24) is 19.5 Å². The van der Waals surface area contributed by atoms with Gasteiger partial charge in [0.1, 0.15) is 0 Å². The van der Waals surface area contributed by atoms with Crippen LogP contribution in [0, 0.1) is 0 Å². The first kappa shape index (κ1) is 26.1. The van der Waals surface area contributed by atoms with Crippen LogP contribution in [0.2, 0.25) is 0 Å². The smallest absolute Gasteiger partial charge is 0.238 e. The zero-order valence-corrected chi connectivity index (χ0v) is 24.8. The molecule has 3 heterocycles. The third kappa shape index (κ3) is 4.14. The summed E-state index contributed by atoms with van der Waals surface area (Å²) in [6.07, 6.45) is 0. The van der Waals surface area contributed by atoms with E-state index in [9.17, 15) is 0 Å². The highest BCUT2D eigenvalue weighted by Crippen LogP contribution is 2.54. The van der Waals surface area contributed by atoms with Crippen LogP contribution in [0.4, 0.5) is 17.1 Å². The Bertz CT molecular complexity index is 2310. The number of hydrogen-bond donors (Lipinski definition) is 0. The van der Waals surface area contributed by atoms with Crippen molar-refractivity contribution in [3.63, 3.8) is 0 Å². The number of para-hydroxylation sites is 4. The molecule has 0 fully saturated rings. The highest BCUT2D eigenvalue weighted by atomic mass is 15.2. The second-order valence-corrected chi connectivity index (χ2v) is 11.3. The quantitative estimate of drug-likeness (QED) is 0.205. The number of aromatic nitrogens is 4. The predicted molar refractivity (Wildman–Crippen MR) is 187 cm³/mol. The summed E-state index contributed by atoms with van der Waals surface area (Å²) in [5.41, 5.74) is 10.7. The molecule has 0 radical (unpaired) electrons. The number of nitrogens with zero attached hydrogens (tertiary/aromatic N) is 5. The number of benzene rings is 6. The number of rotatable bonds is 4. The summed E-state index contributed by atoms with van der Waals surface area (Å²) in [5, 5.41) is 1.14. The third-order valence-electron chi connectivity index (χ3n) is 8.59. The zero-order valence-electron chi connectivity index (χ0n) is 24.8. The molecule has 0 N–H and O–H groups in total. The summed E-state index contributed by atoms with van der Waals surface area (Å²) in [7, 11) is 0. The average Bonchev–Trinajstić information content (AvgIpc) is 3.42. The van der Waals surface area contributed by atoms with Gasteiger partial charge in [0.2, 0.25) is 5.95 Å². The Kier molecular flexibility index (Phi) is 6.06. The Morgan fingerprint density at radius 3 is 1.57 bits per heavy atom. The van der Waals surface area contributed by atoms with E-state index < -0.39 is 0 Å². The molecule has 6 aromatic carbocycles. The van der Waals surface area contributed by atoms with Gasteiger partial charge < -0.3 is 4.90 Å². The van der Waals surface area contributed by atoms with E-state index in [1.807, 2.05) is 60.7 Å². The lowest BCUT2D eigenvalue weighted by Gasteiger charge is -2.27. The van der Waals surface area contributed by atoms with Crippen molar-refractivity contribution in [3.05, 3.63) is 164 Å². The van der Waals surface area contributed by atoms with E-state index in [1.54, 1.807) is 0 Å². The van der Waals surface area contributed by atoms with Gasteiger partial charge >= 0.3 is 0 Å². The highest BCUT2D eigenvalue weighted by Gasteiger charge is 2.32. The van der Waals surface area contributed by atoms with Crippen LogP contribution < -0.4 is 4.90 Å². The third-order valence-corrected chi connectivity index (χ3v) is 8.59. The van der Waals surface area contributed by atoms with Crippen LogP contribution in [0.15, 0.2) is 164 Å². The molecule has 5 heteroatoms. The van der Waals surface area contributed by atoms with Crippen molar-refractivity contribution in [2.75, 3.05) is 4.90 Å². The van der Waals surface area contributed by atoms with E-state index in [2.05, 4.69) is 113 Å². The molecule has 0 aliphatic carbocycles. The number of anilines is 3. The predicted octanol–water partition coefficient (Wildman–Crippen LogP) is 10.3. The zero-order chi connectivity index (χ0) is 30.5. The fourth-order valence-electron chi connectivity index (χ4n) is 6.61. The van der Waals surface area contributed by atoms with Crippen LogP contribution >= 0.6 is 0 Å². The molecule has 1 aliphatic rings. The SMILES string of the molecule is c1ccc(-c2nc(-c3ccccc3)nc(-n3c4c(c5ccccc53)-c3ccccc3N(c3ccccc3)c3ccccc3-4)n2)cc1. The van der Waals surface area contributed by atoms with Crippen LogP contribution in [-0.4, -0.2) is 19.5 Å². The minimum Gasteiger partial charge on any atom is -0.309 e. The lowest BCUT2D eigenvalue weighted by molar-refractivity contribution is 0.938. The fraction of sp³-hybridized carbons (Fsp3) is 0. The second-order valence-electron chi connectivity index (χ2n) is 11.3. The Balaban J connectivity index is 1.42. The largest absolute Gasteiger partial charge is 0.309 e. The van der Waals surface area contributed by atoms with Crippen molar-refractivity contribution in [2.45, 2.75) is 0 Å². The molecule has 5 nitrogen and oxygen atoms in total. The Labute approximate surface area is 266 Å². The van der Waals surface area contributed by atoms with Gasteiger partial charge in [0.05, 0.1) is 22.6 Å². The molecule has 0 spiro atoms. The lowest BCUT2D eigenvalue weighted by atomic mass is 9.98. The second kappa shape index (κ2) is 10.7. The normalized spacial score (nSPS) is 11.9. The van der Waals surface area contributed by atoms with E-state index >= 15 is 0 Å². The van der Waals surface area contributed by atoms with E-state index in [-0.39, 0.29) is 0 Å². The van der Waals surface area contributed by atoms with Gasteiger partial charge in [-0.15, -0.1) is 0 Å². The van der Waals surface area contributed by atoms with Crippen molar-refractivity contribution in [3.8, 4) is 51.1 Å². The standard InChI is InChI=1S/C41H27N5/c1-4-16-28(17-5-1)39-42-40(29-18-6-2-7-19-29)44-41(43-39)46-35-26-14-11-23-32(35)37-31-22-10-13-25-34(31)45(30-20-8-3-9-21-30)36-27-15-12-24-33(36)38(37)46/h1-27H. The molecule has 0 saturated heterocycles. The average molecular weight is 590 g/mol. The molecule has 0 amide bonds. The first-order chi connectivity index (χ1) is 22.8. The van der Waals surface area contributed by atoms with Crippen molar-refractivity contribution in [1.29, 1.82) is 0 Å². The lowest BCUT2D eigenvalue weighted by Crippen LogP contribution is -2.11. The van der Waals surface area contributed by atoms with Crippen LogP contribution in [0.25, 0.3) is 62.0 Å². The summed E-state index contributed by atoms with van der Waals surface area (Å²) in [6.45, 7) is 0. The molecular formula is C41H27N5. The van der Waals surface area contributed by atoms with Gasteiger partial charge in [-0.1, -0.05) is 133 Å². The van der Waals surface area contributed by atoms with Gasteiger partial charge in [-0.25, -0.2) is 4.98 Å². The summed E-state index contributed by atoms with van der Waals surface area (Å²) in [4.78, 5) is 17.7. The first-order valence-corrected chi connectivity index (χ1v) is 15.4. The van der Waals surface area contributed by atoms with Gasteiger partial charge in [-0.05, 0) is 30.3 Å². The van der Waals surface area contributed by atoms with Gasteiger partial charge in [-0.3, -0.25) is 4.57 Å². The van der Waals surface area contributed by atoms with Gasteiger partial charge in [0, 0.05) is 38.9 Å². The van der Waals surface area contributed by atoms with Gasteiger partial charge in [0.15, 0.2) is 11.6 Å². The molecule has 0 saturated carbocycles. The summed E-state index contributed by atoms with van der Waals surface area (Å²) >= 11 is 0. The topological polar surface area (TPSA) is 46.8 Å². The maximum Gasteiger partial charge on any atom is 0.238 e. The minimum absolute atomic E-state index is 0.575. The summed E-state index contributed by atoms with van der Waals surface area (Å²) < 4.78 is 2.23. The van der Waals surface area contributed by atoms with Crippen LogP contribution in [0.5, 0.6) is 0 Å². The maximum atomic E-state index is 5.19. The van der Waals surface area contributed by atoms with Crippen LogP contribution in [-0.2, 0) is 0 Å². The van der Waals surface area contributed by atoms with E-state index in [0.717, 1.165) is 61.5 Å². The molecule has 0 unspecified atom stereocenters. The molecular weight excluding hydrogens is 562 g/mol. The van der Waals surface area contributed by atoms with Crippen molar-refractivity contribution < 1.29 is 0 Å². The molecule has 8 aromatic rings. The van der Waals surface area contributed by atoms with Crippen molar-refractivity contribution >= 4 is 28.0 Å². The van der Waals surface area contributed by atoms with E-state index in [4.69, 9.17) is 15.0 Å². The Hall–Kier alpha value is -6.33. The monoisotopic (exact) mass is 589 g/mol. The molecule has 2 aromatic heterocycles. The molecule has 1 aliphatic heterocycles. The van der Waals surface area contributed by atoms with Gasteiger partial charge in [0.25, 0.3) is 0 Å². The maximum absolute atomic E-state index is 5.19. The minimum atomic E-state index is 0.575.